The van der Waals surface area contributed by atoms with Crippen LogP contribution in [0, 0.1) is 0 Å². The van der Waals surface area contributed by atoms with E-state index in [4.69, 9.17) is 32.7 Å². The van der Waals surface area contributed by atoms with Gasteiger partial charge in [-0.2, -0.15) is 0 Å². The summed E-state index contributed by atoms with van der Waals surface area (Å²) in [5.41, 5.74) is 2.17. The molecule has 5 nitrogen and oxygen atoms in total. The second-order valence-corrected chi connectivity index (χ2v) is 7.07. The van der Waals surface area contributed by atoms with E-state index in [1.54, 1.807) is 43.3 Å². The molecule has 3 rings (SSSR count). The van der Waals surface area contributed by atoms with E-state index in [0.717, 1.165) is 11.3 Å². The summed E-state index contributed by atoms with van der Waals surface area (Å²) < 4.78 is 10.4. The summed E-state index contributed by atoms with van der Waals surface area (Å²) in [5, 5.41) is 0.690. The lowest BCUT2D eigenvalue weighted by atomic mass is 10.0. The number of hydrogen-bond acceptors (Lipinski definition) is 4. The fourth-order valence-electron chi connectivity index (χ4n) is 3.11. The highest BCUT2D eigenvalue weighted by molar-refractivity contribution is 6.42. The number of hydrogen-bond donors (Lipinski definition) is 0. The van der Waals surface area contributed by atoms with Crippen molar-refractivity contribution >= 4 is 46.8 Å². The predicted molar refractivity (Wildman–Crippen MR) is 114 cm³/mol. The van der Waals surface area contributed by atoms with Crippen molar-refractivity contribution in [2.45, 2.75) is 13.8 Å². The number of rotatable bonds is 5. The van der Waals surface area contributed by atoms with Crippen LogP contribution in [0.4, 0.5) is 5.69 Å². The average molecular weight is 432 g/mol. The third-order valence-electron chi connectivity index (χ3n) is 4.45. The van der Waals surface area contributed by atoms with Gasteiger partial charge in [-0.15, -0.1) is 0 Å². The maximum absolute atomic E-state index is 13.2. The molecule has 150 valence electrons. The number of nitrogens with zero attached hydrogens (tertiary/aromatic N) is 1. The first kappa shape index (κ1) is 21.0. The Morgan fingerprint density at radius 2 is 1.79 bits per heavy atom. The number of esters is 1. The zero-order valence-electron chi connectivity index (χ0n) is 16.2. The van der Waals surface area contributed by atoms with E-state index < -0.39 is 5.97 Å². The minimum atomic E-state index is -0.587. The van der Waals surface area contributed by atoms with Crippen LogP contribution in [0.3, 0.4) is 0 Å². The Balaban J connectivity index is 2.07. The maximum Gasteiger partial charge on any atom is 0.340 e. The van der Waals surface area contributed by atoms with Crippen LogP contribution in [-0.4, -0.2) is 25.6 Å². The molecule has 1 heterocycles. The highest BCUT2D eigenvalue weighted by atomic mass is 35.5. The zero-order chi connectivity index (χ0) is 21.1. The van der Waals surface area contributed by atoms with Crippen LogP contribution in [0.15, 0.2) is 59.3 Å². The van der Waals surface area contributed by atoms with Gasteiger partial charge in [0.05, 0.1) is 40.6 Å². The Hall–Kier alpha value is -2.76. The highest BCUT2D eigenvalue weighted by Crippen LogP contribution is 2.37. The monoisotopic (exact) mass is 431 g/mol. The summed E-state index contributed by atoms with van der Waals surface area (Å²) in [7, 11) is 1.28. The lowest BCUT2D eigenvalue weighted by molar-refractivity contribution is -0.136. The molecule has 29 heavy (non-hydrogen) atoms. The first-order valence-electron chi connectivity index (χ1n) is 8.91. The quantitative estimate of drug-likeness (QED) is 0.477. The fourth-order valence-corrected chi connectivity index (χ4v) is 3.40. The molecule has 0 aliphatic carbocycles. The first-order valence-corrected chi connectivity index (χ1v) is 9.66. The van der Waals surface area contributed by atoms with Crippen LogP contribution < -0.4 is 9.64 Å². The van der Waals surface area contributed by atoms with Crippen LogP contribution in [0.25, 0.3) is 6.08 Å². The number of amides is 1. The molecular weight excluding hydrogens is 413 g/mol. The molecule has 0 N–H and O–H groups in total. The fraction of sp³-hybridized carbons (Fsp3) is 0.182. The van der Waals surface area contributed by atoms with Gasteiger partial charge in [-0.05, 0) is 55.8 Å². The van der Waals surface area contributed by atoms with Gasteiger partial charge in [0, 0.05) is 5.70 Å². The second kappa shape index (κ2) is 8.72. The SMILES string of the molecule is CCOc1ccc(/C=C2\C(=O)N(c3ccc(Cl)c(Cl)c3)C(C)=C2C(=O)OC)cc1. The molecule has 0 aromatic heterocycles. The van der Waals surface area contributed by atoms with Gasteiger partial charge in [-0.25, -0.2) is 4.79 Å². The first-order chi connectivity index (χ1) is 13.9. The smallest absolute Gasteiger partial charge is 0.340 e. The van der Waals surface area contributed by atoms with Crippen molar-refractivity contribution in [1.82, 2.24) is 0 Å². The summed E-state index contributed by atoms with van der Waals surface area (Å²) >= 11 is 12.1. The second-order valence-electron chi connectivity index (χ2n) is 6.25. The molecule has 2 aromatic carbocycles. The molecule has 1 amide bonds. The number of carbonyl (C=O) groups is 2. The van der Waals surface area contributed by atoms with Gasteiger partial charge in [0.15, 0.2) is 0 Å². The number of allylic oxidation sites excluding steroid dienone is 1. The minimum absolute atomic E-state index is 0.206. The van der Waals surface area contributed by atoms with Crippen LogP contribution in [0.5, 0.6) is 5.75 Å². The molecule has 0 spiro atoms. The molecule has 0 saturated heterocycles. The molecular formula is C22H19Cl2NO4. The lowest BCUT2D eigenvalue weighted by Crippen LogP contribution is -2.24. The van der Waals surface area contributed by atoms with Crippen LogP contribution in [0.1, 0.15) is 19.4 Å². The molecule has 7 heteroatoms. The van der Waals surface area contributed by atoms with Gasteiger partial charge in [0.25, 0.3) is 5.91 Å². The Morgan fingerprint density at radius 1 is 1.10 bits per heavy atom. The number of carbonyl (C=O) groups excluding carboxylic acids is 2. The molecule has 1 aliphatic rings. The summed E-state index contributed by atoms with van der Waals surface area (Å²) in [6, 6.07) is 12.1. The largest absolute Gasteiger partial charge is 0.494 e. The van der Waals surface area contributed by atoms with E-state index in [-0.39, 0.29) is 17.1 Å². The number of halogens is 2. The average Bonchev–Trinajstić information content (AvgIpc) is 2.95. The van der Waals surface area contributed by atoms with Crippen LogP contribution in [-0.2, 0) is 14.3 Å². The van der Waals surface area contributed by atoms with E-state index in [1.165, 1.54) is 12.0 Å². The molecule has 0 fully saturated rings. The third kappa shape index (κ3) is 4.16. The van der Waals surface area contributed by atoms with Crippen molar-refractivity contribution in [1.29, 1.82) is 0 Å². The number of benzene rings is 2. The standard InChI is InChI=1S/C22H19Cl2NO4/c1-4-29-16-8-5-14(6-9-16)11-17-20(22(27)28-3)13(2)25(21(17)26)15-7-10-18(23)19(24)12-15/h5-12H,4H2,1-3H3/b17-11-. The highest BCUT2D eigenvalue weighted by Gasteiger charge is 2.38. The summed E-state index contributed by atoms with van der Waals surface area (Å²) in [6.45, 7) is 4.15. The van der Waals surface area contributed by atoms with Crippen molar-refractivity contribution in [2.75, 3.05) is 18.6 Å². The zero-order valence-corrected chi connectivity index (χ0v) is 17.7. The third-order valence-corrected chi connectivity index (χ3v) is 5.19. The van der Waals surface area contributed by atoms with E-state index in [1.807, 2.05) is 19.1 Å². The Bertz CT molecular complexity index is 1030. The number of anilines is 1. The predicted octanol–water partition coefficient (Wildman–Crippen LogP) is 5.27. The molecule has 1 aliphatic heterocycles. The van der Waals surface area contributed by atoms with Crippen LogP contribution in [0.2, 0.25) is 10.0 Å². The molecule has 0 saturated carbocycles. The van der Waals surface area contributed by atoms with E-state index in [9.17, 15) is 9.59 Å². The van der Waals surface area contributed by atoms with Crippen LogP contribution >= 0.6 is 23.2 Å². The summed E-state index contributed by atoms with van der Waals surface area (Å²) in [6.07, 6.45) is 1.66. The topological polar surface area (TPSA) is 55.8 Å². The van der Waals surface area contributed by atoms with Gasteiger partial charge >= 0.3 is 5.97 Å². The van der Waals surface area contributed by atoms with Gasteiger partial charge in [0.2, 0.25) is 0 Å². The van der Waals surface area contributed by atoms with E-state index in [2.05, 4.69) is 0 Å². The van der Waals surface area contributed by atoms with Crippen molar-refractivity contribution in [3.8, 4) is 5.75 Å². The minimum Gasteiger partial charge on any atom is -0.494 e. The summed E-state index contributed by atoms with van der Waals surface area (Å²) in [5.74, 6) is -0.212. The maximum atomic E-state index is 13.2. The summed E-state index contributed by atoms with van der Waals surface area (Å²) in [4.78, 5) is 27.1. The van der Waals surface area contributed by atoms with Crippen molar-refractivity contribution in [3.63, 3.8) is 0 Å². The molecule has 0 bridgehead atoms. The molecule has 0 atom stereocenters. The van der Waals surface area contributed by atoms with Gasteiger partial charge in [-0.1, -0.05) is 35.3 Å². The number of ether oxygens (including phenoxy) is 2. The van der Waals surface area contributed by atoms with Crippen molar-refractivity contribution < 1.29 is 19.1 Å². The van der Waals surface area contributed by atoms with Gasteiger partial charge in [-0.3, -0.25) is 9.69 Å². The Morgan fingerprint density at radius 3 is 2.38 bits per heavy atom. The van der Waals surface area contributed by atoms with Crippen molar-refractivity contribution in [3.05, 3.63) is 74.9 Å². The Labute approximate surface area is 179 Å². The normalized spacial score (nSPS) is 15.3. The van der Waals surface area contributed by atoms with E-state index >= 15 is 0 Å². The van der Waals surface area contributed by atoms with Gasteiger partial charge < -0.3 is 9.47 Å². The number of methoxy groups -OCH3 is 1. The van der Waals surface area contributed by atoms with Crippen molar-refractivity contribution in [2.24, 2.45) is 0 Å². The molecule has 0 radical (unpaired) electrons. The van der Waals surface area contributed by atoms with Gasteiger partial charge in [0.1, 0.15) is 5.75 Å². The lowest BCUT2D eigenvalue weighted by Gasteiger charge is -2.18. The Kier molecular flexibility index (Phi) is 6.30. The molecule has 2 aromatic rings. The van der Waals surface area contributed by atoms with E-state index in [0.29, 0.717) is 28.0 Å². The molecule has 0 unspecified atom stereocenters.